The molecular formula is C24H23ClN2O4. The number of nitrogens with zero attached hydrogens (tertiary/aromatic N) is 1. The Balaban J connectivity index is 1.37. The molecule has 1 aliphatic rings. The van der Waals surface area contributed by atoms with Gasteiger partial charge in [0.25, 0.3) is 0 Å². The molecule has 0 amide bonds. The summed E-state index contributed by atoms with van der Waals surface area (Å²) in [6, 6.07) is 14.3. The van der Waals surface area contributed by atoms with Crippen LogP contribution in [0.25, 0.3) is 11.1 Å². The Morgan fingerprint density at radius 2 is 2.13 bits per heavy atom. The molecule has 31 heavy (non-hydrogen) atoms. The normalized spacial score (nSPS) is 16.3. The number of pyridine rings is 1. The lowest BCUT2D eigenvalue weighted by Gasteiger charge is -2.27. The summed E-state index contributed by atoms with van der Waals surface area (Å²) in [6.45, 7) is 1.07. The summed E-state index contributed by atoms with van der Waals surface area (Å²) in [5, 5.41) is 23.0. The van der Waals surface area contributed by atoms with Gasteiger partial charge >= 0.3 is 5.97 Å². The number of hydrogen-bond donors (Lipinski definition) is 3. The second kappa shape index (κ2) is 9.47. The smallest absolute Gasteiger partial charge is 0.335 e. The van der Waals surface area contributed by atoms with Gasteiger partial charge in [-0.3, -0.25) is 4.98 Å². The maximum absolute atomic E-state index is 11.1. The number of aromatic carboxylic acids is 1. The minimum Gasteiger partial charge on any atom is -0.489 e. The molecule has 2 atom stereocenters. The minimum absolute atomic E-state index is 0.0258. The van der Waals surface area contributed by atoms with Gasteiger partial charge in [-0.15, -0.1) is 0 Å². The number of aliphatic hydroxyl groups is 1. The van der Waals surface area contributed by atoms with Gasteiger partial charge in [-0.25, -0.2) is 4.79 Å². The second-order valence-corrected chi connectivity index (χ2v) is 7.97. The standard InChI is InChI=1S/C24H23ClN2O4/c25-21-11-17(24(29)30)4-7-20(21)15-5-8-23-16(10-15)3-6-19(31-23)13-27-14-22(28)18-2-1-9-26-12-18/h1-2,4-5,7-12,19,22,27-28H,3,6,13-14H2,(H,29,30)/t19-,22+/m1/s1. The lowest BCUT2D eigenvalue weighted by atomic mass is 9.96. The van der Waals surface area contributed by atoms with Crippen molar-refractivity contribution in [3.8, 4) is 16.9 Å². The largest absolute Gasteiger partial charge is 0.489 e. The number of fused-ring (bicyclic) bond motifs is 1. The molecule has 0 saturated carbocycles. The van der Waals surface area contributed by atoms with Gasteiger partial charge in [-0.2, -0.15) is 0 Å². The fourth-order valence-electron chi connectivity index (χ4n) is 3.71. The number of rotatable bonds is 7. The second-order valence-electron chi connectivity index (χ2n) is 7.56. The maximum atomic E-state index is 11.1. The van der Waals surface area contributed by atoms with Gasteiger partial charge in [0.1, 0.15) is 11.9 Å². The third-order valence-electron chi connectivity index (χ3n) is 5.40. The first-order valence-corrected chi connectivity index (χ1v) is 10.5. The average molecular weight is 439 g/mol. The highest BCUT2D eigenvalue weighted by molar-refractivity contribution is 6.33. The van der Waals surface area contributed by atoms with Crippen LogP contribution >= 0.6 is 11.6 Å². The van der Waals surface area contributed by atoms with Crippen molar-refractivity contribution >= 4 is 17.6 Å². The molecule has 0 spiro atoms. The van der Waals surface area contributed by atoms with E-state index in [1.807, 2.05) is 30.3 Å². The SMILES string of the molecule is O=C(O)c1ccc(-c2ccc3c(c2)CC[C@H](CNC[C@H](O)c2cccnc2)O3)c(Cl)c1. The number of nitrogens with one attached hydrogen (secondary N) is 1. The van der Waals surface area contributed by atoms with Crippen LogP contribution in [0.15, 0.2) is 60.9 Å². The Kier molecular flexibility index (Phi) is 6.51. The highest BCUT2D eigenvalue weighted by atomic mass is 35.5. The van der Waals surface area contributed by atoms with Gasteiger partial charge in [-0.1, -0.05) is 29.8 Å². The molecule has 1 aromatic heterocycles. The van der Waals surface area contributed by atoms with Gasteiger partial charge in [-0.05, 0) is 54.3 Å². The summed E-state index contributed by atoms with van der Waals surface area (Å²) in [5.74, 6) is -0.159. The topological polar surface area (TPSA) is 91.7 Å². The number of hydrogen-bond acceptors (Lipinski definition) is 5. The Hall–Kier alpha value is -2.93. The predicted molar refractivity (Wildman–Crippen MR) is 119 cm³/mol. The minimum atomic E-state index is -1.00. The maximum Gasteiger partial charge on any atom is 0.335 e. The van der Waals surface area contributed by atoms with E-state index in [1.165, 1.54) is 6.07 Å². The van der Waals surface area contributed by atoms with Crippen molar-refractivity contribution in [2.45, 2.75) is 25.0 Å². The molecule has 0 unspecified atom stereocenters. The highest BCUT2D eigenvalue weighted by Gasteiger charge is 2.21. The number of carboxylic acids is 1. The van der Waals surface area contributed by atoms with E-state index in [1.54, 1.807) is 24.5 Å². The molecular weight excluding hydrogens is 416 g/mol. The summed E-state index contributed by atoms with van der Waals surface area (Å²) >= 11 is 6.31. The number of aliphatic hydroxyl groups excluding tert-OH is 1. The molecule has 4 rings (SSSR count). The molecule has 3 N–H and O–H groups in total. The van der Waals surface area contributed by atoms with Crippen molar-refractivity contribution in [3.05, 3.63) is 82.6 Å². The Labute approximate surface area is 185 Å². The number of halogens is 1. The van der Waals surface area contributed by atoms with Crippen LogP contribution < -0.4 is 10.1 Å². The van der Waals surface area contributed by atoms with Crippen molar-refractivity contribution in [2.24, 2.45) is 0 Å². The van der Waals surface area contributed by atoms with Crippen LogP contribution in [0.3, 0.4) is 0 Å². The van der Waals surface area contributed by atoms with Crippen molar-refractivity contribution in [3.63, 3.8) is 0 Å². The zero-order chi connectivity index (χ0) is 21.8. The first kappa shape index (κ1) is 21.3. The van der Waals surface area contributed by atoms with Crippen LogP contribution in [0.4, 0.5) is 0 Å². The van der Waals surface area contributed by atoms with Crippen molar-refractivity contribution < 1.29 is 19.7 Å². The third kappa shape index (κ3) is 5.05. The number of benzene rings is 2. The average Bonchev–Trinajstić information content (AvgIpc) is 2.79. The quantitative estimate of drug-likeness (QED) is 0.514. The van der Waals surface area contributed by atoms with Crippen LogP contribution in [-0.4, -0.2) is 40.4 Å². The zero-order valence-electron chi connectivity index (χ0n) is 16.8. The molecule has 160 valence electrons. The molecule has 2 heterocycles. The first-order chi connectivity index (χ1) is 15.0. The molecule has 1 aliphatic heterocycles. The van der Waals surface area contributed by atoms with Crippen LogP contribution in [0.2, 0.25) is 5.02 Å². The van der Waals surface area contributed by atoms with E-state index >= 15 is 0 Å². The molecule has 6 nitrogen and oxygen atoms in total. The number of carboxylic acid groups (broad SMARTS) is 1. The zero-order valence-corrected chi connectivity index (χ0v) is 17.5. The summed E-state index contributed by atoms with van der Waals surface area (Å²) in [4.78, 5) is 15.1. The van der Waals surface area contributed by atoms with E-state index < -0.39 is 12.1 Å². The first-order valence-electron chi connectivity index (χ1n) is 10.1. The summed E-state index contributed by atoms with van der Waals surface area (Å²) in [7, 11) is 0. The summed E-state index contributed by atoms with van der Waals surface area (Å²) in [5.41, 5.74) is 3.78. The van der Waals surface area contributed by atoms with Crippen LogP contribution in [0, 0.1) is 0 Å². The summed E-state index contributed by atoms with van der Waals surface area (Å²) in [6.07, 6.45) is 4.49. The molecule has 0 fully saturated rings. The Morgan fingerprint density at radius 1 is 1.26 bits per heavy atom. The molecule has 7 heteroatoms. The number of ether oxygens (including phenoxy) is 1. The monoisotopic (exact) mass is 438 g/mol. The van der Waals surface area contributed by atoms with E-state index in [2.05, 4.69) is 10.3 Å². The van der Waals surface area contributed by atoms with Gasteiger partial charge in [0.05, 0.1) is 11.7 Å². The van der Waals surface area contributed by atoms with E-state index in [0.29, 0.717) is 18.1 Å². The van der Waals surface area contributed by atoms with Crippen LogP contribution in [-0.2, 0) is 6.42 Å². The number of aryl methyl sites for hydroxylation is 1. The Bertz CT molecular complexity index is 1070. The number of carbonyl (C=O) groups is 1. The Morgan fingerprint density at radius 3 is 2.87 bits per heavy atom. The van der Waals surface area contributed by atoms with Crippen molar-refractivity contribution in [2.75, 3.05) is 13.1 Å². The molecule has 2 aromatic carbocycles. The molecule has 0 bridgehead atoms. The third-order valence-corrected chi connectivity index (χ3v) is 5.71. The molecule has 3 aromatic rings. The highest BCUT2D eigenvalue weighted by Crippen LogP contribution is 2.35. The van der Waals surface area contributed by atoms with E-state index in [9.17, 15) is 9.90 Å². The fraction of sp³-hybridized carbons (Fsp3) is 0.250. The van der Waals surface area contributed by atoms with Gasteiger partial charge in [0.2, 0.25) is 0 Å². The van der Waals surface area contributed by atoms with Crippen LogP contribution in [0.1, 0.15) is 34.0 Å². The van der Waals surface area contributed by atoms with E-state index in [0.717, 1.165) is 40.8 Å². The van der Waals surface area contributed by atoms with Gasteiger partial charge in [0.15, 0.2) is 0 Å². The van der Waals surface area contributed by atoms with Gasteiger partial charge in [0, 0.05) is 41.6 Å². The summed E-state index contributed by atoms with van der Waals surface area (Å²) < 4.78 is 6.12. The van der Waals surface area contributed by atoms with Crippen molar-refractivity contribution in [1.82, 2.24) is 10.3 Å². The van der Waals surface area contributed by atoms with E-state index in [-0.39, 0.29) is 11.7 Å². The van der Waals surface area contributed by atoms with Gasteiger partial charge < -0.3 is 20.3 Å². The lowest BCUT2D eigenvalue weighted by molar-refractivity contribution is 0.0697. The number of aromatic nitrogens is 1. The molecule has 0 radical (unpaired) electrons. The molecule has 0 aliphatic carbocycles. The van der Waals surface area contributed by atoms with E-state index in [4.69, 9.17) is 21.4 Å². The molecule has 0 saturated heterocycles. The predicted octanol–water partition coefficient (Wildman–Crippen LogP) is 4.12. The van der Waals surface area contributed by atoms with Crippen molar-refractivity contribution in [1.29, 1.82) is 0 Å². The fourth-order valence-corrected chi connectivity index (χ4v) is 4.00. The van der Waals surface area contributed by atoms with Crippen LogP contribution in [0.5, 0.6) is 5.75 Å². The lowest BCUT2D eigenvalue weighted by Crippen LogP contribution is -2.36.